The van der Waals surface area contributed by atoms with E-state index in [2.05, 4.69) is 11.4 Å². The van der Waals surface area contributed by atoms with Crippen LogP contribution >= 0.6 is 22.9 Å². The van der Waals surface area contributed by atoms with E-state index in [-0.39, 0.29) is 0 Å². The SMILES string of the molecule is CS(=O)CCCNC1CCCc2sc(Cl)cc21. The molecule has 96 valence electrons. The summed E-state index contributed by atoms with van der Waals surface area (Å²) in [4.78, 5) is 1.44. The van der Waals surface area contributed by atoms with Crippen molar-refractivity contribution in [1.82, 2.24) is 5.32 Å². The van der Waals surface area contributed by atoms with Gasteiger partial charge in [0, 0.05) is 33.7 Å². The lowest BCUT2D eigenvalue weighted by molar-refractivity contribution is 0.465. The third kappa shape index (κ3) is 3.78. The van der Waals surface area contributed by atoms with E-state index in [0.717, 1.165) is 23.1 Å². The first-order valence-electron chi connectivity index (χ1n) is 5.98. The Hall–Kier alpha value is 0.1000. The van der Waals surface area contributed by atoms with Crippen LogP contribution in [0.2, 0.25) is 4.34 Å². The number of halogens is 1. The summed E-state index contributed by atoms with van der Waals surface area (Å²) < 4.78 is 11.9. The highest BCUT2D eigenvalue weighted by atomic mass is 35.5. The van der Waals surface area contributed by atoms with E-state index in [1.54, 1.807) is 17.6 Å². The van der Waals surface area contributed by atoms with Gasteiger partial charge in [-0.1, -0.05) is 11.6 Å². The van der Waals surface area contributed by atoms with Crippen LogP contribution in [0.3, 0.4) is 0 Å². The molecule has 5 heteroatoms. The molecule has 2 rings (SSSR count). The van der Waals surface area contributed by atoms with Crippen LogP contribution in [0.5, 0.6) is 0 Å². The Morgan fingerprint density at radius 1 is 1.65 bits per heavy atom. The average molecular weight is 292 g/mol. The van der Waals surface area contributed by atoms with Gasteiger partial charge in [-0.05, 0) is 43.9 Å². The maximum atomic E-state index is 11.0. The monoisotopic (exact) mass is 291 g/mol. The van der Waals surface area contributed by atoms with E-state index < -0.39 is 10.8 Å². The summed E-state index contributed by atoms with van der Waals surface area (Å²) in [6.45, 7) is 0.942. The van der Waals surface area contributed by atoms with Crippen LogP contribution in [0.25, 0.3) is 0 Å². The third-order valence-corrected chi connectivity index (χ3v) is 5.29. The summed E-state index contributed by atoms with van der Waals surface area (Å²) in [5.41, 5.74) is 1.39. The van der Waals surface area contributed by atoms with Gasteiger partial charge in [0.2, 0.25) is 0 Å². The van der Waals surface area contributed by atoms with Crippen molar-refractivity contribution in [2.75, 3.05) is 18.6 Å². The van der Waals surface area contributed by atoms with Gasteiger partial charge in [0.25, 0.3) is 0 Å². The molecule has 2 atom stereocenters. The van der Waals surface area contributed by atoms with Gasteiger partial charge in [0.15, 0.2) is 0 Å². The minimum atomic E-state index is -0.672. The van der Waals surface area contributed by atoms with E-state index >= 15 is 0 Å². The lowest BCUT2D eigenvalue weighted by Crippen LogP contribution is -2.25. The van der Waals surface area contributed by atoms with Crippen molar-refractivity contribution in [1.29, 1.82) is 0 Å². The molecule has 1 aromatic heterocycles. The molecule has 1 heterocycles. The van der Waals surface area contributed by atoms with Gasteiger partial charge in [-0.25, -0.2) is 0 Å². The predicted octanol–water partition coefficient (Wildman–Crippen LogP) is 3.14. The Kier molecular flexibility index (Phi) is 5.03. The summed E-state index contributed by atoms with van der Waals surface area (Å²) in [5.74, 6) is 0.789. The van der Waals surface area contributed by atoms with Crippen molar-refractivity contribution in [3.05, 3.63) is 20.8 Å². The molecule has 0 spiro atoms. The second-order valence-corrected chi connectivity index (χ2v) is 7.78. The van der Waals surface area contributed by atoms with Crippen LogP contribution in [-0.2, 0) is 17.2 Å². The van der Waals surface area contributed by atoms with Gasteiger partial charge in [0.1, 0.15) is 0 Å². The van der Waals surface area contributed by atoms with Crippen LogP contribution in [-0.4, -0.2) is 22.8 Å². The number of hydrogen-bond donors (Lipinski definition) is 1. The number of rotatable bonds is 5. The molecule has 0 aromatic carbocycles. The molecule has 0 bridgehead atoms. The molecule has 0 aliphatic heterocycles. The van der Waals surface area contributed by atoms with E-state index in [1.165, 1.54) is 29.7 Å². The largest absolute Gasteiger partial charge is 0.310 e. The fourth-order valence-corrected chi connectivity index (χ4v) is 4.22. The van der Waals surface area contributed by atoms with E-state index in [0.29, 0.717) is 6.04 Å². The lowest BCUT2D eigenvalue weighted by Gasteiger charge is -2.23. The summed E-state index contributed by atoms with van der Waals surface area (Å²) in [6.07, 6.45) is 6.34. The molecule has 1 aromatic rings. The molecule has 0 radical (unpaired) electrons. The lowest BCUT2D eigenvalue weighted by atomic mass is 9.94. The molecule has 1 aliphatic rings. The van der Waals surface area contributed by atoms with Crippen LogP contribution in [0.1, 0.15) is 35.7 Å². The molecule has 1 N–H and O–H groups in total. The summed E-state index contributed by atoms with van der Waals surface area (Å²) in [6, 6.07) is 2.56. The minimum Gasteiger partial charge on any atom is -0.310 e. The van der Waals surface area contributed by atoms with Gasteiger partial charge in [0.05, 0.1) is 4.34 Å². The zero-order chi connectivity index (χ0) is 12.3. The standard InChI is InChI=1S/C12H18ClNOS2/c1-17(15)7-3-6-14-10-4-2-5-11-9(10)8-12(13)16-11/h8,10,14H,2-7H2,1H3. The van der Waals surface area contributed by atoms with Gasteiger partial charge in [-0.15, -0.1) is 11.3 Å². The van der Waals surface area contributed by atoms with E-state index in [4.69, 9.17) is 11.6 Å². The van der Waals surface area contributed by atoms with Crippen LogP contribution in [0.15, 0.2) is 6.07 Å². The first-order valence-corrected chi connectivity index (χ1v) is 8.90. The molecule has 2 unspecified atom stereocenters. The van der Waals surface area contributed by atoms with Gasteiger partial charge in [-0.2, -0.15) is 0 Å². The molecule has 0 fully saturated rings. The van der Waals surface area contributed by atoms with Gasteiger partial charge in [-0.3, -0.25) is 4.21 Å². The fraction of sp³-hybridized carbons (Fsp3) is 0.667. The highest BCUT2D eigenvalue weighted by Gasteiger charge is 2.21. The molecular formula is C12H18ClNOS2. The maximum absolute atomic E-state index is 11.0. The Morgan fingerprint density at radius 2 is 2.47 bits per heavy atom. The number of aryl methyl sites for hydroxylation is 1. The van der Waals surface area contributed by atoms with Crippen LogP contribution < -0.4 is 5.32 Å². The summed E-state index contributed by atoms with van der Waals surface area (Å²) in [7, 11) is -0.672. The zero-order valence-electron chi connectivity index (χ0n) is 10.0. The van der Waals surface area contributed by atoms with Crippen molar-refractivity contribution < 1.29 is 4.21 Å². The quantitative estimate of drug-likeness (QED) is 0.845. The Balaban J connectivity index is 1.88. The Morgan fingerprint density at radius 3 is 3.24 bits per heavy atom. The number of hydrogen-bond acceptors (Lipinski definition) is 3. The summed E-state index contributed by atoms with van der Waals surface area (Å²) in [5, 5.41) is 3.56. The molecule has 2 nitrogen and oxygen atoms in total. The zero-order valence-corrected chi connectivity index (χ0v) is 12.4. The second-order valence-electron chi connectivity index (χ2n) is 4.46. The first-order chi connectivity index (χ1) is 8.16. The topological polar surface area (TPSA) is 29.1 Å². The molecule has 0 saturated heterocycles. The average Bonchev–Trinajstić information content (AvgIpc) is 2.65. The smallest absolute Gasteiger partial charge is 0.0934 e. The van der Waals surface area contributed by atoms with E-state index in [9.17, 15) is 4.21 Å². The van der Waals surface area contributed by atoms with Gasteiger partial charge >= 0.3 is 0 Å². The van der Waals surface area contributed by atoms with Crippen molar-refractivity contribution in [2.24, 2.45) is 0 Å². The predicted molar refractivity (Wildman–Crippen MR) is 76.6 cm³/mol. The van der Waals surface area contributed by atoms with Crippen molar-refractivity contribution >= 4 is 33.7 Å². The Bertz CT molecular complexity index is 405. The van der Waals surface area contributed by atoms with Crippen molar-refractivity contribution in [3.63, 3.8) is 0 Å². The number of thiophene rings is 1. The summed E-state index contributed by atoms with van der Waals surface area (Å²) >= 11 is 7.78. The highest BCUT2D eigenvalue weighted by Crippen LogP contribution is 2.37. The Labute approximate surface area is 114 Å². The number of nitrogens with one attached hydrogen (secondary N) is 1. The minimum absolute atomic E-state index is 0.452. The van der Waals surface area contributed by atoms with Crippen LogP contribution in [0.4, 0.5) is 0 Å². The highest BCUT2D eigenvalue weighted by molar-refractivity contribution is 7.84. The molecule has 0 amide bonds. The van der Waals surface area contributed by atoms with Gasteiger partial charge < -0.3 is 5.32 Å². The van der Waals surface area contributed by atoms with E-state index in [1.807, 2.05) is 0 Å². The third-order valence-electron chi connectivity index (χ3n) is 3.08. The molecule has 1 aliphatic carbocycles. The molecular weight excluding hydrogens is 274 g/mol. The van der Waals surface area contributed by atoms with Crippen molar-refractivity contribution in [3.8, 4) is 0 Å². The fourth-order valence-electron chi connectivity index (χ4n) is 2.29. The van der Waals surface area contributed by atoms with Crippen LogP contribution in [0, 0.1) is 0 Å². The molecule has 0 saturated carbocycles. The normalized spacial score (nSPS) is 21.2. The number of fused-ring (bicyclic) bond motifs is 1. The second kappa shape index (κ2) is 6.32. The maximum Gasteiger partial charge on any atom is 0.0934 e. The van der Waals surface area contributed by atoms with Crippen molar-refractivity contribution in [2.45, 2.75) is 31.7 Å². The first kappa shape index (κ1) is 13.5. The molecule has 17 heavy (non-hydrogen) atoms.